The molecule has 0 aliphatic carbocycles. The molecule has 1 unspecified atom stereocenters. The summed E-state index contributed by atoms with van der Waals surface area (Å²) in [5.74, 6) is 0.435. The van der Waals surface area contributed by atoms with Crippen molar-refractivity contribution in [3.63, 3.8) is 0 Å². The minimum absolute atomic E-state index is 0.149. The van der Waals surface area contributed by atoms with Crippen molar-refractivity contribution in [2.24, 2.45) is 5.92 Å². The third-order valence-electron chi connectivity index (χ3n) is 9.28. The Kier molecular flexibility index (Phi) is 10.9. The molecule has 4 heteroatoms. The van der Waals surface area contributed by atoms with E-state index in [9.17, 15) is 15.0 Å². The average molecular weight is 556 g/mol. The van der Waals surface area contributed by atoms with Gasteiger partial charge in [0.25, 0.3) is 0 Å². The SMILES string of the molecule is CCCCCC(=O)C(C)(C)c1ccc(C(O)CCCN2CCC(C(O)(c3ccccc3)c3ccccc3)CC2)cc1. The molecule has 0 bridgehead atoms. The van der Waals surface area contributed by atoms with E-state index in [2.05, 4.69) is 11.8 Å². The summed E-state index contributed by atoms with van der Waals surface area (Å²) >= 11 is 0. The molecule has 1 saturated heterocycles. The van der Waals surface area contributed by atoms with Crippen LogP contribution >= 0.6 is 0 Å². The van der Waals surface area contributed by atoms with Gasteiger partial charge in [-0.1, -0.05) is 105 Å². The molecular weight excluding hydrogens is 506 g/mol. The van der Waals surface area contributed by atoms with Crippen LogP contribution in [-0.2, 0) is 15.8 Å². The van der Waals surface area contributed by atoms with Crippen molar-refractivity contribution in [3.8, 4) is 0 Å². The van der Waals surface area contributed by atoms with Crippen LogP contribution in [0.4, 0.5) is 0 Å². The summed E-state index contributed by atoms with van der Waals surface area (Å²) in [5.41, 5.74) is 2.36. The van der Waals surface area contributed by atoms with Gasteiger partial charge in [-0.15, -0.1) is 0 Å². The highest BCUT2D eigenvalue weighted by atomic mass is 16.3. The van der Waals surface area contributed by atoms with Gasteiger partial charge < -0.3 is 15.1 Å². The second-order valence-corrected chi connectivity index (χ2v) is 12.4. The number of ketones is 1. The summed E-state index contributed by atoms with van der Waals surface area (Å²) < 4.78 is 0. The number of unbranched alkanes of at least 4 members (excludes halogenated alkanes) is 2. The van der Waals surface area contributed by atoms with Crippen molar-refractivity contribution < 1.29 is 15.0 Å². The quantitative estimate of drug-likeness (QED) is 0.201. The van der Waals surface area contributed by atoms with Crippen LogP contribution < -0.4 is 0 Å². The van der Waals surface area contributed by atoms with Gasteiger partial charge in [-0.25, -0.2) is 0 Å². The van der Waals surface area contributed by atoms with E-state index in [1.807, 2.05) is 98.8 Å². The Labute approximate surface area is 247 Å². The molecular formula is C37H49NO3. The Morgan fingerprint density at radius 1 is 0.829 bits per heavy atom. The fraction of sp³-hybridized carbons (Fsp3) is 0.486. The van der Waals surface area contributed by atoms with E-state index in [0.717, 1.165) is 80.4 Å². The van der Waals surface area contributed by atoms with Gasteiger partial charge in [-0.2, -0.15) is 0 Å². The lowest BCUT2D eigenvalue weighted by molar-refractivity contribution is -0.123. The first kappa shape index (κ1) is 31.2. The Balaban J connectivity index is 1.28. The molecule has 4 rings (SSSR count). The zero-order valence-corrected chi connectivity index (χ0v) is 25.3. The molecule has 1 aliphatic rings. The van der Waals surface area contributed by atoms with Gasteiger partial charge in [0.2, 0.25) is 0 Å². The van der Waals surface area contributed by atoms with Crippen LogP contribution in [0, 0.1) is 5.92 Å². The number of aliphatic hydroxyl groups excluding tert-OH is 1. The molecule has 4 nitrogen and oxygen atoms in total. The predicted molar refractivity (Wildman–Crippen MR) is 168 cm³/mol. The number of piperidine rings is 1. The van der Waals surface area contributed by atoms with Crippen molar-refractivity contribution >= 4 is 5.78 Å². The third kappa shape index (κ3) is 7.54. The number of aliphatic hydroxyl groups is 2. The monoisotopic (exact) mass is 555 g/mol. The number of benzene rings is 3. The number of nitrogens with zero attached hydrogens (tertiary/aromatic N) is 1. The molecule has 0 radical (unpaired) electrons. The largest absolute Gasteiger partial charge is 0.388 e. The minimum atomic E-state index is -0.994. The normalized spacial score (nSPS) is 16.0. The number of carbonyl (C=O) groups is 1. The first-order valence-electron chi connectivity index (χ1n) is 15.6. The molecule has 1 atom stereocenters. The highest BCUT2D eigenvalue weighted by molar-refractivity contribution is 5.89. The molecule has 0 amide bonds. The molecule has 3 aromatic carbocycles. The summed E-state index contributed by atoms with van der Waals surface area (Å²) in [7, 11) is 0. The van der Waals surface area contributed by atoms with E-state index in [-0.39, 0.29) is 11.7 Å². The topological polar surface area (TPSA) is 60.8 Å². The molecule has 2 N–H and O–H groups in total. The number of carbonyl (C=O) groups excluding carboxylic acids is 1. The lowest BCUT2D eigenvalue weighted by atomic mass is 9.72. The van der Waals surface area contributed by atoms with Crippen LogP contribution in [0.15, 0.2) is 84.9 Å². The maximum absolute atomic E-state index is 12.8. The third-order valence-corrected chi connectivity index (χ3v) is 9.28. The van der Waals surface area contributed by atoms with Crippen LogP contribution in [0.5, 0.6) is 0 Å². The zero-order chi connectivity index (χ0) is 29.3. The first-order valence-corrected chi connectivity index (χ1v) is 15.6. The van der Waals surface area contributed by atoms with E-state index in [1.54, 1.807) is 0 Å². The second kappa shape index (κ2) is 14.4. The summed E-state index contributed by atoms with van der Waals surface area (Å²) in [6.45, 7) is 9.00. The Morgan fingerprint density at radius 3 is 1.93 bits per heavy atom. The standard InChI is InChI=1S/C37H49NO3/c1-4-5-8-19-35(40)36(2,3)30-22-20-29(21-23-30)34(39)18-13-26-38-27-24-33(25-28-38)37(41,31-14-9-6-10-15-31)32-16-11-7-12-17-32/h6-7,9-12,14-17,20-23,33-34,39,41H,4-5,8,13,18-19,24-28H2,1-3H3. The maximum atomic E-state index is 12.8. The smallest absolute Gasteiger partial charge is 0.142 e. The number of hydrogen-bond donors (Lipinski definition) is 2. The van der Waals surface area contributed by atoms with Crippen LogP contribution in [0.3, 0.4) is 0 Å². The molecule has 3 aromatic rings. The van der Waals surface area contributed by atoms with Crippen LogP contribution in [0.1, 0.15) is 100 Å². The molecule has 0 saturated carbocycles. The molecule has 0 spiro atoms. The lowest BCUT2D eigenvalue weighted by Crippen LogP contribution is -2.44. The van der Waals surface area contributed by atoms with Crippen molar-refractivity contribution in [2.75, 3.05) is 19.6 Å². The molecule has 1 fully saturated rings. The van der Waals surface area contributed by atoms with Gasteiger partial charge in [-0.3, -0.25) is 4.79 Å². The lowest BCUT2D eigenvalue weighted by Gasteiger charge is -2.42. The van der Waals surface area contributed by atoms with Crippen LogP contribution in [0.25, 0.3) is 0 Å². The van der Waals surface area contributed by atoms with Gasteiger partial charge in [0.15, 0.2) is 0 Å². The fourth-order valence-corrected chi connectivity index (χ4v) is 6.40. The molecule has 220 valence electrons. The van der Waals surface area contributed by atoms with Crippen molar-refractivity contribution in [2.45, 2.75) is 89.3 Å². The highest BCUT2D eigenvalue weighted by Crippen LogP contribution is 2.42. The van der Waals surface area contributed by atoms with E-state index >= 15 is 0 Å². The number of rotatable bonds is 14. The van der Waals surface area contributed by atoms with E-state index in [0.29, 0.717) is 12.8 Å². The zero-order valence-electron chi connectivity index (χ0n) is 25.3. The maximum Gasteiger partial charge on any atom is 0.142 e. The van der Waals surface area contributed by atoms with Crippen LogP contribution in [-0.4, -0.2) is 40.5 Å². The van der Waals surface area contributed by atoms with Crippen molar-refractivity contribution in [1.29, 1.82) is 0 Å². The van der Waals surface area contributed by atoms with Gasteiger partial charge in [0.1, 0.15) is 11.4 Å². The average Bonchev–Trinajstić information content (AvgIpc) is 3.02. The molecule has 41 heavy (non-hydrogen) atoms. The van der Waals surface area contributed by atoms with E-state index < -0.39 is 17.1 Å². The van der Waals surface area contributed by atoms with Gasteiger partial charge in [0.05, 0.1) is 6.10 Å². The molecule has 1 heterocycles. The fourth-order valence-electron chi connectivity index (χ4n) is 6.40. The summed E-state index contributed by atoms with van der Waals surface area (Å²) in [6.07, 6.45) is 6.75. The Morgan fingerprint density at radius 2 is 1.39 bits per heavy atom. The Hall–Kier alpha value is -2.79. The Bertz CT molecular complexity index is 1160. The van der Waals surface area contributed by atoms with Gasteiger partial charge in [0, 0.05) is 11.8 Å². The second-order valence-electron chi connectivity index (χ2n) is 12.4. The van der Waals surface area contributed by atoms with E-state index in [1.165, 1.54) is 0 Å². The summed E-state index contributed by atoms with van der Waals surface area (Å²) in [6, 6.07) is 28.2. The van der Waals surface area contributed by atoms with Crippen LogP contribution in [0.2, 0.25) is 0 Å². The van der Waals surface area contributed by atoms with Gasteiger partial charge >= 0.3 is 0 Å². The number of likely N-dealkylation sites (tertiary alicyclic amines) is 1. The van der Waals surface area contributed by atoms with Gasteiger partial charge in [-0.05, 0) is 93.8 Å². The predicted octanol–water partition coefficient (Wildman–Crippen LogP) is 7.58. The minimum Gasteiger partial charge on any atom is -0.388 e. The van der Waals surface area contributed by atoms with Crippen molar-refractivity contribution in [1.82, 2.24) is 4.90 Å². The summed E-state index contributed by atoms with van der Waals surface area (Å²) in [4.78, 5) is 15.3. The summed E-state index contributed by atoms with van der Waals surface area (Å²) in [5, 5.41) is 23.0. The highest BCUT2D eigenvalue weighted by Gasteiger charge is 2.41. The van der Waals surface area contributed by atoms with E-state index in [4.69, 9.17) is 0 Å². The first-order chi connectivity index (χ1) is 19.8. The number of hydrogen-bond acceptors (Lipinski definition) is 4. The molecule has 1 aliphatic heterocycles. The van der Waals surface area contributed by atoms with Crippen molar-refractivity contribution in [3.05, 3.63) is 107 Å². The molecule has 0 aromatic heterocycles. The number of Topliss-reactive ketones (excluding diaryl/α,β-unsaturated/α-hetero) is 1.